The topological polar surface area (TPSA) is 375 Å². The highest BCUT2D eigenvalue weighted by Crippen LogP contribution is 2.30. The molecule has 3 fully saturated rings. The van der Waals surface area contributed by atoms with Crippen molar-refractivity contribution in [3.63, 3.8) is 0 Å². The summed E-state index contributed by atoms with van der Waals surface area (Å²) in [6.45, 7) is 29.4. The third-order valence-electron chi connectivity index (χ3n) is 18.9. The lowest BCUT2D eigenvalue weighted by Gasteiger charge is -2.24. The van der Waals surface area contributed by atoms with E-state index >= 15 is 0 Å². The molecule has 3 aliphatic rings. The number of ketones is 5. The van der Waals surface area contributed by atoms with Gasteiger partial charge in [-0.15, -0.1) is 0 Å². The monoisotopic (exact) mass is 1450 g/mol. The lowest BCUT2D eigenvalue weighted by Crippen LogP contribution is -2.46. The number of likely N-dealkylation sites (tertiary alicyclic amines) is 3. The van der Waals surface area contributed by atoms with Crippen molar-refractivity contribution in [3.05, 3.63) is 47.8 Å². The van der Waals surface area contributed by atoms with Gasteiger partial charge in [-0.2, -0.15) is 0 Å². The van der Waals surface area contributed by atoms with Gasteiger partial charge in [-0.05, 0) is 119 Å². The number of carbonyl (C=O) groups excluding carboxylic acids is 15. The number of imide groups is 3. The molecule has 0 radical (unpaired) electrons. The standard InChI is InChI=1S/C35H52N4O8.C27H46N4O5.C14H23NO3.2CH4/c1-22(2)28(19-27(41)10-7-6-8-17-39-32(43)20-29(23(3)4)34(39)45)33(44)38-30(11-9-16-37-35(36)46)31(42)18-25-12-14-26(15-13-25)21-47-24(5)40;1-17(2)22(26(35)30-24(19(5)32)12-10-13-29-20(6)28)15-21(33)11-8-7-9-14-31-25(34)16-23(18(3)4)27(31)36;1-10(2)12-9-13(17)15(14(12)18)8-6-4-5-7-11(3)16;;/h12-15,22-23,28-30H,6-11,16-21H2,1-5H3,(H,38,44)(H3,36,37,46);17-18,22-24,29H,6-16,28H2,1-5H3,(H,30,35);10,12H,4-9H2,1-3H3;2*1H4/t28-,29?,30-;22-,23?,24-;;;/m00.../s1. The molecule has 0 aliphatic carbocycles. The molecule has 1 aromatic carbocycles. The molecule has 3 unspecified atom stereocenters. The molecule has 103 heavy (non-hydrogen) atoms. The van der Waals surface area contributed by atoms with Crippen molar-refractivity contribution < 1.29 is 76.7 Å². The van der Waals surface area contributed by atoms with Gasteiger partial charge in [-0.3, -0.25) is 77.0 Å². The Balaban J connectivity index is 0.00000164. The number of urea groups is 1. The molecule has 3 saturated heterocycles. The van der Waals surface area contributed by atoms with E-state index in [0.717, 1.165) is 36.8 Å². The van der Waals surface area contributed by atoms with E-state index in [2.05, 4.69) is 27.8 Å². The number of unbranched alkanes of at least 4 members (excludes halogenated alkanes) is 6. The van der Waals surface area contributed by atoms with Crippen LogP contribution >= 0.6 is 0 Å². The van der Waals surface area contributed by atoms with E-state index in [1.807, 2.05) is 69.2 Å². The molecule has 25 heteroatoms. The minimum atomic E-state index is -0.833. The summed E-state index contributed by atoms with van der Waals surface area (Å²) in [6, 6.07) is 4.95. The van der Waals surface area contributed by atoms with Crippen molar-refractivity contribution in [2.45, 2.75) is 265 Å². The molecule has 582 valence electrons. The van der Waals surface area contributed by atoms with Gasteiger partial charge in [0.2, 0.25) is 47.3 Å². The molecule has 8 N–H and O–H groups in total. The molecule has 0 bridgehead atoms. The Labute approximate surface area is 614 Å². The smallest absolute Gasteiger partial charge is 0.312 e. The van der Waals surface area contributed by atoms with Crippen LogP contribution in [0.25, 0.3) is 0 Å². The number of Topliss-reactive ketones (excluding diaryl/α,β-unsaturated/α-hetero) is 5. The molecule has 0 saturated carbocycles. The SMILES string of the molecule is C.C.C=C(N)NCCC[C@H](NC(=O)[C@@H](CC(=O)CCCCCN1C(=O)CC(C(C)C)C1=O)C(C)C)C(C)=O.CC(=O)CCCCCN1C(=O)CC(C(C)C)C1=O.CC(=O)OCc1ccc(CC(=O)[C@H](CCCNC(N)=O)NC(=O)[C@@H](CC(=O)CCCCCN2C(=O)CC(C(C)C)C2=O)C(C)C)cc1. The summed E-state index contributed by atoms with van der Waals surface area (Å²) in [6.07, 6.45) is 10.6. The van der Waals surface area contributed by atoms with Crippen LogP contribution in [0, 0.1) is 59.2 Å². The Morgan fingerprint density at radius 3 is 1.18 bits per heavy atom. The molecule has 1 aromatic rings. The fraction of sp³-hybridized carbons (Fsp3) is 0.705. The summed E-state index contributed by atoms with van der Waals surface area (Å²) in [5.41, 5.74) is 12.1. The molecule has 4 rings (SSSR count). The second-order valence-corrected chi connectivity index (χ2v) is 29.1. The Kier molecular flexibility index (Phi) is 45.8. The number of carbonyl (C=O) groups is 15. The average molecular weight is 1450 g/mol. The molecular weight excluding hydrogens is 1320 g/mol. The van der Waals surface area contributed by atoms with Crippen molar-refractivity contribution in [3.8, 4) is 0 Å². The number of ether oxygens (including phenoxy) is 1. The minimum Gasteiger partial charge on any atom is -0.461 e. The van der Waals surface area contributed by atoms with Crippen LogP contribution in [0.4, 0.5) is 4.79 Å². The molecule has 25 nitrogen and oxygen atoms in total. The van der Waals surface area contributed by atoms with Crippen molar-refractivity contribution in [2.75, 3.05) is 32.7 Å². The zero-order chi connectivity index (χ0) is 76.2. The van der Waals surface area contributed by atoms with Gasteiger partial charge >= 0.3 is 12.0 Å². The number of hydrogen-bond donors (Lipinski definition) is 6. The molecular formula is C78H129N9O16. The summed E-state index contributed by atoms with van der Waals surface area (Å²) in [5.74, 6) is -2.82. The highest BCUT2D eigenvalue weighted by Gasteiger charge is 2.42. The first-order valence-corrected chi connectivity index (χ1v) is 36.6. The average Bonchev–Trinajstić information content (AvgIpc) is 1.70. The second-order valence-electron chi connectivity index (χ2n) is 29.1. The lowest BCUT2D eigenvalue weighted by atomic mass is 9.88. The number of benzene rings is 1. The number of hydrogen-bond acceptors (Lipinski definition) is 18. The Morgan fingerprint density at radius 1 is 0.495 bits per heavy atom. The molecule has 10 amide bonds. The van der Waals surface area contributed by atoms with Crippen molar-refractivity contribution in [2.24, 2.45) is 70.6 Å². The predicted molar refractivity (Wildman–Crippen MR) is 397 cm³/mol. The Bertz CT molecular complexity index is 2980. The normalized spacial score (nSPS) is 16.8. The third-order valence-corrected chi connectivity index (χ3v) is 18.9. The lowest BCUT2D eigenvalue weighted by molar-refractivity contribution is -0.142. The summed E-state index contributed by atoms with van der Waals surface area (Å²) in [7, 11) is 0. The first kappa shape index (κ1) is 95.0. The van der Waals surface area contributed by atoms with Crippen LogP contribution in [-0.2, 0) is 84.9 Å². The first-order chi connectivity index (χ1) is 47.5. The number of primary amides is 1. The number of esters is 1. The maximum Gasteiger partial charge on any atom is 0.312 e. The van der Waals surface area contributed by atoms with E-state index in [4.69, 9.17) is 16.2 Å². The van der Waals surface area contributed by atoms with Crippen LogP contribution in [0.5, 0.6) is 0 Å². The van der Waals surface area contributed by atoms with E-state index in [0.29, 0.717) is 109 Å². The summed E-state index contributed by atoms with van der Waals surface area (Å²) < 4.78 is 5.00. The van der Waals surface area contributed by atoms with Crippen molar-refractivity contribution in [1.82, 2.24) is 36.0 Å². The number of nitrogens with one attached hydrogen (secondary N) is 4. The van der Waals surface area contributed by atoms with Crippen LogP contribution in [0.3, 0.4) is 0 Å². The van der Waals surface area contributed by atoms with Crippen molar-refractivity contribution in [1.29, 1.82) is 0 Å². The number of amides is 10. The highest BCUT2D eigenvalue weighted by atomic mass is 16.5. The van der Waals surface area contributed by atoms with Gasteiger partial charge in [0.15, 0.2) is 11.6 Å². The van der Waals surface area contributed by atoms with Gasteiger partial charge in [0.25, 0.3) is 0 Å². The Hall–Kier alpha value is -7.99. The summed E-state index contributed by atoms with van der Waals surface area (Å²) >= 11 is 0. The number of rotatable bonds is 46. The van der Waals surface area contributed by atoms with Gasteiger partial charge in [0.05, 0.1) is 17.9 Å². The maximum atomic E-state index is 13.4. The van der Waals surface area contributed by atoms with Crippen LogP contribution < -0.4 is 32.7 Å². The van der Waals surface area contributed by atoms with E-state index in [9.17, 15) is 71.9 Å². The molecule has 3 aliphatic heterocycles. The predicted octanol–water partition coefficient (Wildman–Crippen LogP) is 9.74. The van der Waals surface area contributed by atoms with Crippen LogP contribution in [0.15, 0.2) is 36.7 Å². The quantitative estimate of drug-likeness (QED) is 0.0201. The second kappa shape index (κ2) is 49.6. The number of nitrogens with zero attached hydrogens (tertiary/aromatic N) is 3. The van der Waals surface area contributed by atoms with Crippen LogP contribution in [0.2, 0.25) is 0 Å². The van der Waals surface area contributed by atoms with Crippen LogP contribution in [-0.4, -0.2) is 148 Å². The summed E-state index contributed by atoms with van der Waals surface area (Å²) in [5, 5.41) is 11.1. The fourth-order valence-electron chi connectivity index (χ4n) is 12.3. The zero-order valence-electron chi connectivity index (χ0n) is 62.8. The van der Waals surface area contributed by atoms with Crippen molar-refractivity contribution >= 4 is 88.2 Å². The molecule has 3 heterocycles. The summed E-state index contributed by atoms with van der Waals surface area (Å²) in [4.78, 5) is 187. The molecule has 0 aromatic heterocycles. The largest absolute Gasteiger partial charge is 0.461 e. The van der Waals surface area contributed by atoms with Gasteiger partial charge in [0.1, 0.15) is 24.0 Å². The Morgan fingerprint density at radius 2 is 0.854 bits per heavy atom. The maximum absolute atomic E-state index is 13.4. The fourth-order valence-corrected chi connectivity index (χ4v) is 12.3. The van der Waals surface area contributed by atoms with Gasteiger partial charge in [-0.1, -0.05) is 134 Å². The van der Waals surface area contributed by atoms with E-state index in [1.165, 1.54) is 28.5 Å². The zero-order valence-corrected chi connectivity index (χ0v) is 62.8. The minimum absolute atomic E-state index is 0. The van der Waals surface area contributed by atoms with Gasteiger partial charge in [-0.25, -0.2) is 4.79 Å². The van der Waals surface area contributed by atoms with E-state index in [-0.39, 0.29) is 196 Å². The third kappa shape index (κ3) is 35.8. The van der Waals surface area contributed by atoms with E-state index in [1.54, 1.807) is 31.2 Å². The number of nitrogens with two attached hydrogens (primary N) is 2. The van der Waals surface area contributed by atoms with Gasteiger partial charge < -0.3 is 42.3 Å². The molecule has 7 atom stereocenters. The first-order valence-electron chi connectivity index (χ1n) is 36.6. The van der Waals surface area contributed by atoms with Gasteiger partial charge in [0, 0.05) is 127 Å². The molecule has 0 spiro atoms. The highest BCUT2D eigenvalue weighted by molar-refractivity contribution is 6.05. The van der Waals surface area contributed by atoms with E-state index < -0.39 is 30.0 Å². The van der Waals surface area contributed by atoms with Crippen LogP contribution in [0.1, 0.15) is 251 Å².